The lowest BCUT2D eigenvalue weighted by Crippen LogP contribution is -2.55. The molecule has 0 radical (unpaired) electrons. The molecule has 7 rings (SSSR count). The highest BCUT2D eigenvalue weighted by Gasteiger charge is 2.53. The molecule has 9 atom stereocenters. The number of hydrogen-bond acceptors (Lipinski definition) is 14. The van der Waals surface area contributed by atoms with E-state index < -0.39 is 59.1 Å². The fourth-order valence-electron chi connectivity index (χ4n) is 8.31. The van der Waals surface area contributed by atoms with Crippen LogP contribution in [0, 0.1) is 11.8 Å². The van der Waals surface area contributed by atoms with E-state index in [-0.39, 0.29) is 38.1 Å². The molecule has 0 aromatic heterocycles. The molecule has 330 valence electrons. The lowest BCUT2D eigenvalue weighted by Gasteiger charge is -2.44. The molecule has 0 amide bonds. The van der Waals surface area contributed by atoms with Crippen molar-refractivity contribution in [1.29, 1.82) is 0 Å². The number of ether oxygens (including phenoxy) is 10. The third kappa shape index (κ3) is 12.1. The van der Waals surface area contributed by atoms with Gasteiger partial charge >= 0.3 is 0 Å². The fraction of sp³-hybridized carbons (Fsp3) is 0.478. The van der Waals surface area contributed by atoms with Crippen molar-refractivity contribution in [3.05, 3.63) is 125 Å². The van der Waals surface area contributed by atoms with Crippen molar-refractivity contribution in [3.63, 3.8) is 0 Å². The van der Waals surface area contributed by atoms with E-state index in [1.807, 2.05) is 103 Å². The maximum absolute atomic E-state index is 12.5. The van der Waals surface area contributed by atoms with Crippen LogP contribution in [-0.2, 0) is 67.6 Å². The van der Waals surface area contributed by atoms with Gasteiger partial charge in [-0.25, -0.2) is 8.42 Å². The summed E-state index contributed by atoms with van der Waals surface area (Å²) < 4.78 is 104. The first kappa shape index (κ1) is 44.9. The van der Waals surface area contributed by atoms with Crippen LogP contribution < -0.4 is 14.2 Å². The Morgan fingerprint density at radius 1 is 0.705 bits per heavy atom. The zero-order chi connectivity index (χ0) is 43.0. The topological polar surface area (TPSA) is 159 Å². The molecule has 1 saturated carbocycles. The highest BCUT2D eigenvalue weighted by Crippen LogP contribution is 2.45. The standard InChI is InChI=1S/C46H56O14S/c1-46(2)56-29-41(59-46)43-44(60-61(47,48)49)40(57-45(58-43)33-9-7-6-8-10-33)24-34-23-39(54-26-31-13-19-36(51-4)20-14-31)42(55-27-32-15-21-37(52-5)22-16-32)38(34)28-53-25-30-11-17-35(50-3)18-12-30/h6-22,34,38-45H,23-29H2,1-5H3,(H,47,48,49)/p-1/t34-,38-,39+,40+,41-,42+,43-,44-,45?/m1/s1. The van der Waals surface area contributed by atoms with Crippen LogP contribution in [0.4, 0.5) is 0 Å². The Hall–Kier alpha value is -4.13. The molecule has 1 unspecified atom stereocenters. The zero-order valence-corrected chi connectivity index (χ0v) is 35.9. The van der Waals surface area contributed by atoms with Crippen LogP contribution in [0.5, 0.6) is 17.2 Å². The normalized spacial score (nSPS) is 27.5. The van der Waals surface area contributed by atoms with Crippen LogP contribution in [-0.4, -0.2) is 89.9 Å². The first-order chi connectivity index (χ1) is 29.4. The maximum atomic E-state index is 12.5. The van der Waals surface area contributed by atoms with E-state index in [2.05, 4.69) is 0 Å². The summed E-state index contributed by atoms with van der Waals surface area (Å²) in [6.07, 6.45) is -5.26. The molecule has 15 heteroatoms. The summed E-state index contributed by atoms with van der Waals surface area (Å²) in [5.41, 5.74) is 3.54. The molecule has 4 aromatic carbocycles. The van der Waals surface area contributed by atoms with Crippen molar-refractivity contribution in [2.24, 2.45) is 11.8 Å². The molecule has 1 aliphatic carbocycles. The molecule has 4 aromatic rings. The number of rotatable bonds is 19. The van der Waals surface area contributed by atoms with Gasteiger partial charge in [0.25, 0.3) is 0 Å². The molecule has 3 aliphatic rings. The van der Waals surface area contributed by atoms with Gasteiger partial charge in [0.1, 0.15) is 35.6 Å². The monoisotopic (exact) mass is 863 g/mol. The van der Waals surface area contributed by atoms with E-state index in [9.17, 15) is 13.0 Å². The third-order valence-corrected chi connectivity index (χ3v) is 11.9. The highest BCUT2D eigenvalue weighted by atomic mass is 32.3. The Labute approximate surface area is 358 Å². The Morgan fingerprint density at radius 3 is 1.79 bits per heavy atom. The van der Waals surface area contributed by atoms with Crippen LogP contribution in [0.3, 0.4) is 0 Å². The molecule has 2 saturated heterocycles. The van der Waals surface area contributed by atoms with Crippen molar-refractivity contribution in [2.45, 2.75) is 95.2 Å². The van der Waals surface area contributed by atoms with Crippen molar-refractivity contribution in [1.82, 2.24) is 0 Å². The van der Waals surface area contributed by atoms with Crippen molar-refractivity contribution < 1.29 is 64.5 Å². The molecule has 61 heavy (non-hydrogen) atoms. The summed E-state index contributed by atoms with van der Waals surface area (Å²) in [4.78, 5) is 0. The van der Waals surface area contributed by atoms with Gasteiger partial charge in [-0.15, -0.1) is 0 Å². The second-order valence-electron chi connectivity index (χ2n) is 15.9. The van der Waals surface area contributed by atoms with Gasteiger partial charge < -0.3 is 51.9 Å². The smallest absolute Gasteiger partial charge is 0.218 e. The van der Waals surface area contributed by atoms with Crippen LogP contribution in [0.1, 0.15) is 55.2 Å². The van der Waals surface area contributed by atoms with Gasteiger partial charge in [0, 0.05) is 11.5 Å². The average molecular weight is 864 g/mol. The summed E-state index contributed by atoms with van der Waals surface area (Å²) in [5.74, 6) is 0.696. The lowest BCUT2D eigenvalue weighted by atomic mass is 9.86. The molecular weight excluding hydrogens is 809 g/mol. The van der Waals surface area contributed by atoms with Crippen LogP contribution >= 0.6 is 0 Å². The summed E-state index contributed by atoms with van der Waals surface area (Å²) in [5, 5.41) is 0. The van der Waals surface area contributed by atoms with Gasteiger partial charge in [-0.3, -0.25) is 4.18 Å². The number of methoxy groups -OCH3 is 3. The van der Waals surface area contributed by atoms with Crippen molar-refractivity contribution in [2.75, 3.05) is 34.5 Å². The summed E-state index contributed by atoms with van der Waals surface area (Å²) in [6, 6.07) is 32.3. The molecule has 2 heterocycles. The van der Waals surface area contributed by atoms with Gasteiger partial charge in [-0.05, 0) is 85.7 Å². The van der Waals surface area contributed by atoms with Crippen molar-refractivity contribution in [3.8, 4) is 17.2 Å². The molecule has 3 fully saturated rings. The molecule has 14 nitrogen and oxygen atoms in total. The molecule has 0 bridgehead atoms. The van der Waals surface area contributed by atoms with Crippen LogP contribution in [0.15, 0.2) is 103 Å². The largest absolute Gasteiger partial charge is 0.726 e. The minimum Gasteiger partial charge on any atom is -0.726 e. The maximum Gasteiger partial charge on any atom is 0.218 e. The average Bonchev–Trinajstić information content (AvgIpc) is 3.80. The van der Waals surface area contributed by atoms with Gasteiger partial charge in [0.2, 0.25) is 10.4 Å². The Morgan fingerprint density at radius 2 is 1.26 bits per heavy atom. The minimum absolute atomic E-state index is 0.0818. The first-order valence-electron chi connectivity index (χ1n) is 20.4. The summed E-state index contributed by atoms with van der Waals surface area (Å²) in [6.45, 7) is 4.75. The number of benzene rings is 4. The quantitative estimate of drug-likeness (QED) is 0.0708. The van der Waals surface area contributed by atoms with E-state index in [1.54, 1.807) is 35.2 Å². The molecule has 2 aliphatic heterocycles. The van der Waals surface area contributed by atoms with Gasteiger partial charge in [0.05, 0.1) is 72.7 Å². The summed E-state index contributed by atoms with van der Waals surface area (Å²) >= 11 is 0. The Balaban J connectivity index is 1.21. The van der Waals surface area contributed by atoms with E-state index in [0.29, 0.717) is 25.2 Å². The van der Waals surface area contributed by atoms with Gasteiger partial charge in [-0.1, -0.05) is 66.7 Å². The Bertz CT molecular complexity index is 2060. The SMILES string of the molecule is COc1ccc(COC[C@@H]2[C@@H](C[C@@H]3OC(c4ccccc4)O[C@H]([C@H]4COC(C)(C)O4)[C@@H]3OS(=O)(=O)[O-])C[C@H](OCc3ccc(OC)cc3)[C@H]2OCc2ccc(OC)cc2)cc1. The van der Waals surface area contributed by atoms with Crippen LogP contribution in [0.25, 0.3) is 0 Å². The molecular formula is C46H55O14S-. The van der Waals surface area contributed by atoms with E-state index in [1.165, 1.54) is 0 Å². The fourth-order valence-corrected chi connectivity index (χ4v) is 8.81. The zero-order valence-electron chi connectivity index (χ0n) is 35.1. The summed E-state index contributed by atoms with van der Waals surface area (Å²) in [7, 11) is -0.384. The predicted octanol–water partition coefficient (Wildman–Crippen LogP) is 6.91. The van der Waals surface area contributed by atoms with E-state index >= 15 is 0 Å². The van der Waals surface area contributed by atoms with Crippen molar-refractivity contribution >= 4 is 10.4 Å². The minimum atomic E-state index is -5.24. The molecule has 0 spiro atoms. The van der Waals surface area contributed by atoms with Gasteiger partial charge in [-0.2, -0.15) is 0 Å². The molecule has 0 N–H and O–H groups in total. The van der Waals surface area contributed by atoms with Crippen LogP contribution in [0.2, 0.25) is 0 Å². The van der Waals surface area contributed by atoms with Gasteiger partial charge in [0.15, 0.2) is 12.1 Å². The Kier molecular flexibility index (Phi) is 15.0. The third-order valence-electron chi connectivity index (χ3n) is 11.4. The van der Waals surface area contributed by atoms with E-state index in [4.69, 9.17) is 51.6 Å². The highest BCUT2D eigenvalue weighted by molar-refractivity contribution is 7.80. The number of hydrogen-bond donors (Lipinski definition) is 0. The first-order valence-corrected chi connectivity index (χ1v) is 21.7. The lowest BCUT2D eigenvalue weighted by molar-refractivity contribution is -0.306. The van der Waals surface area contributed by atoms with E-state index in [0.717, 1.165) is 33.9 Å². The second kappa shape index (κ2) is 20.4. The second-order valence-corrected chi connectivity index (χ2v) is 16.9. The predicted molar refractivity (Wildman–Crippen MR) is 220 cm³/mol.